The van der Waals surface area contributed by atoms with Crippen LogP contribution in [0.2, 0.25) is 0 Å². The van der Waals surface area contributed by atoms with Gasteiger partial charge in [-0.1, -0.05) is 13.8 Å². The SMILES string of the molecule is CC(=O)N1CCCC12CN(CC(=O)NC(C(N)=O)C(C)C)C2=O. The van der Waals surface area contributed by atoms with Gasteiger partial charge in [0.2, 0.25) is 17.7 Å². The first-order valence-electron chi connectivity index (χ1n) is 7.85. The number of carbonyl (C=O) groups is 4. The van der Waals surface area contributed by atoms with E-state index in [-0.39, 0.29) is 24.3 Å². The maximum Gasteiger partial charge on any atom is 0.250 e. The summed E-state index contributed by atoms with van der Waals surface area (Å²) in [6, 6.07) is -0.756. The van der Waals surface area contributed by atoms with E-state index in [0.717, 1.165) is 6.42 Å². The first kappa shape index (κ1) is 17.2. The van der Waals surface area contributed by atoms with Crippen molar-refractivity contribution in [3.8, 4) is 0 Å². The molecule has 0 aliphatic carbocycles. The third-order valence-corrected chi connectivity index (χ3v) is 4.63. The standard InChI is InChI=1S/C15H24N4O4/c1-9(2)12(13(16)22)17-11(21)7-18-8-15(14(18)23)5-4-6-19(15)10(3)20/h9,12H,4-8H2,1-3H3,(H2,16,22)(H,17,21). The normalized spacial score (nSPS) is 24.8. The number of amides is 4. The number of nitrogens with one attached hydrogen (secondary N) is 1. The molecule has 2 rings (SSSR count). The highest BCUT2D eigenvalue weighted by Gasteiger charge is 2.59. The van der Waals surface area contributed by atoms with E-state index < -0.39 is 23.4 Å². The Hall–Kier alpha value is -2.12. The molecule has 0 aromatic heterocycles. The lowest BCUT2D eigenvalue weighted by molar-refractivity contribution is -0.168. The zero-order valence-corrected chi connectivity index (χ0v) is 13.8. The van der Waals surface area contributed by atoms with Gasteiger partial charge < -0.3 is 20.9 Å². The molecule has 2 fully saturated rings. The maximum atomic E-state index is 12.5. The van der Waals surface area contributed by atoms with Crippen LogP contribution in [0.5, 0.6) is 0 Å². The van der Waals surface area contributed by atoms with Gasteiger partial charge in [0.05, 0.1) is 13.1 Å². The van der Waals surface area contributed by atoms with E-state index in [4.69, 9.17) is 5.73 Å². The molecule has 2 aliphatic rings. The van der Waals surface area contributed by atoms with Crippen molar-refractivity contribution in [2.24, 2.45) is 11.7 Å². The van der Waals surface area contributed by atoms with Crippen LogP contribution in [-0.4, -0.2) is 64.6 Å². The van der Waals surface area contributed by atoms with Crippen molar-refractivity contribution in [2.75, 3.05) is 19.6 Å². The number of hydrogen-bond donors (Lipinski definition) is 2. The molecule has 2 saturated heterocycles. The molecule has 0 radical (unpaired) electrons. The molecular weight excluding hydrogens is 300 g/mol. The molecule has 128 valence electrons. The second kappa shape index (κ2) is 6.17. The quantitative estimate of drug-likeness (QED) is 0.621. The van der Waals surface area contributed by atoms with Crippen molar-refractivity contribution < 1.29 is 19.2 Å². The lowest BCUT2D eigenvalue weighted by Gasteiger charge is -2.50. The Morgan fingerprint density at radius 3 is 2.48 bits per heavy atom. The van der Waals surface area contributed by atoms with E-state index in [1.165, 1.54) is 11.8 Å². The first-order chi connectivity index (χ1) is 10.7. The van der Waals surface area contributed by atoms with E-state index in [1.807, 2.05) is 0 Å². The van der Waals surface area contributed by atoms with Gasteiger partial charge in [-0.3, -0.25) is 19.2 Å². The summed E-state index contributed by atoms with van der Waals surface area (Å²) in [4.78, 5) is 50.5. The number of hydrogen-bond acceptors (Lipinski definition) is 4. The molecule has 0 bridgehead atoms. The fourth-order valence-corrected chi connectivity index (χ4v) is 3.47. The molecule has 8 heteroatoms. The molecule has 3 N–H and O–H groups in total. The number of likely N-dealkylation sites (tertiary alicyclic amines) is 2. The van der Waals surface area contributed by atoms with Gasteiger partial charge >= 0.3 is 0 Å². The number of nitrogens with two attached hydrogens (primary N) is 1. The van der Waals surface area contributed by atoms with Crippen LogP contribution in [0.3, 0.4) is 0 Å². The third kappa shape index (κ3) is 3.02. The van der Waals surface area contributed by atoms with Crippen molar-refractivity contribution in [1.29, 1.82) is 0 Å². The summed E-state index contributed by atoms with van der Waals surface area (Å²) in [5.74, 6) is -1.46. The summed E-state index contributed by atoms with van der Waals surface area (Å²) < 4.78 is 0. The summed E-state index contributed by atoms with van der Waals surface area (Å²) in [5.41, 5.74) is 4.50. The molecular formula is C15H24N4O4. The van der Waals surface area contributed by atoms with Crippen LogP contribution in [0.15, 0.2) is 0 Å². The minimum absolute atomic E-state index is 0.117. The average molecular weight is 324 g/mol. The number of primary amides is 1. The van der Waals surface area contributed by atoms with Gasteiger partial charge in [0.1, 0.15) is 11.6 Å². The van der Waals surface area contributed by atoms with Crippen molar-refractivity contribution in [3.63, 3.8) is 0 Å². The number of β-lactam (4-membered cyclic amide) rings is 1. The van der Waals surface area contributed by atoms with Crippen LogP contribution in [0.25, 0.3) is 0 Å². The zero-order chi connectivity index (χ0) is 17.4. The summed E-state index contributed by atoms with van der Waals surface area (Å²) >= 11 is 0. The predicted molar refractivity (Wildman–Crippen MR) is 81.9 cm³/mol. The van der Waals surface area contributed by atoms with E-state index in [2.05, 4.69) is 5.32 Å². The Morgan fingerprint density at radius 1 is 1.35 bits per heavy atom. The lowest BCUT2D eigenvalue weighted by Crippen LogP contribution is -2.73. The zero-order valence-electron chi connectivity index (χ0n) is 13.8. The Labute approximate surface area is 135 Å². The molecule has 0 aromatic rings. The van der Waals surface area contributed by atoms with Gasteiger partial charge in [-0.25, -0.2) is 0 Å². The van der Waals surface area contributed by atoms with E-state index in [0.29, 0.717) is 19.5 Å². The third-order valence-electron chi connectivity index (χ3n) is 4.63. The van der Waals surface area contributed by atoms with E-state index in [1.54, 1.807) is 18.7 Å². The van der Waals surface area contributed by atoms with Gasteiger partial charge in [-0.05, 0) is 18.8 Å². The molecule has 2 aliphatic heterocycles. The highest BCUT2D eigenvalue weighted by Crippen LogP contribution is 2.38. The van der Waals surface area contributed by atoms with Gasteiger partial charge in [-0.15, -0.1) is 0 Å². The Kier molecular flexibility index (Phi) is 4.63. The molecule has 4 amide bonds. The average Bonchev–Trinajstić information content (AvgIpc) is 2.90. The van der Waals surface area contributed by atoms with Gasteiger partial charge in [0, 0.05) is 13.5 Å². The number of carbonyl (C=O) groups excluding carboxylic acids is 4. The minimum Gasteiger partial charge on any atom is -0.368 e. The topological polar surface area (TPSA) is 113 Å². The van der Waals surface area contributed by atoms with E-state index in [9.17, 15) is 19.2 Å². The summed E-state index contributed by atoms with van der Waals surface area (Å²) in [5, 5.41) is 2.56. The first-order valence-corrected chi connectivity index (χ1v) is 7.85. The minimum atomic E-state index is -0.757. The Morgan fingerprint density at radius 2 is 2.00 bits per heavy atom. The molecule has 23 heavy (non-hydrogen) atoms. The van der Waals surface area contributed by atoms with Crippen molar-refractivity contribution >= 4 is 23.6 Å². The molecule has 2 heterocycles. The molecule has 2 atom stereocenters. The molecule has 1 spiro atoms. The number of rotatable bonds is 5. The second-order valence-corrected chi connectivity index (χ2v) is 6.66. The fraction of sp³-hybridized carbons (Fsp3) is 0.733. The van der Waals surface area contributed by atoms with Crippen molar-refractivity contribution in [3.05, 3.63) is 0 Å². The Bertz CT molecular complexity index is 548. The predicted octanol–water partition coefficient (Wildman–Crippen LogP) is -1.16. The van der Waals surface area contributed by atoms with Crippen LogP contribution in [0, 0.1) is 5.92 Å². The van der Waals surface area contributed by atoms with Crippen LogP contribution < -0.4 is 11.1 Å². The van der Waals surface area contributed by atoms with Gasteiger partial charge in [-0.2, -0.15) is 0 Å². The highest BCUT2D eigenvalue weighted by molar-refractivity contribution is 5.99. The van der Waals surface area contributed by atoms with Crippen LogP contribution in [-0.2, 0) is 19.2 Å². The second-order valence-electron chi connectivity index (χ2n) is 6.66. The molecule has 0 aromatic carbocycles. The Balaban J connectivity index is 1.94. The maximum absolute atomic E-state index is 12.5. The fourth-order valence-electron chi connectivity index (χ4n) is 3.47. The van der Waals surface area contributed by atoms with Crippen LogP contribution in [0.1, 0.15) is 33.6 Å². The molecule has 8 nitrogen and oxygen atoms in total. The number of nitrogens with zero attached hydrogens (tertiary/aromatic N) is 2. The summed E-state index contributed by atoms with van der Waals surface area (Å²) in [6.45, 7) is 5.84. The summed E-state index contributed by atoms with van der Waals surface area (Å²) in [6.07, 6.45) is 1.43. The van der Waals surface area contributed by atoms with Crippen molar-refractivity contribution in [2.45, 2.75) is 45.2 Å². The smallest absolute Gasteiger partial charge is 0.250 e. The van der Waals surface area contributed by atoms with Gasteiger partial charge in [0.15, 0.2) is 0 Å². The molecule has 0 saturated carbocycles. The molecule has 2 unspecified atom stereocenters. The summed E-state index contributed by atoms with van der Waals surface area (Å²) in [7, 11) is 0. The highest BCUT2D eigenvalue weighted by atomic mass is 16.2. The van der Waals surface area contributed by atoms with Gasteiger partial charge in [0.25, 0.3) is 5.91 Å². The monoisotopic (exact) mass is 324 g/mol. The lowest BCUT2D eigenvalue weighted by atomic mass is 9.85. The van der Waals surface area contributed by atoms with E-state index >= 15 is 0 Å². The largest absolute Gasteiger partial charge is 0.368 e. The van der Waals surface area contributed by atoms with Crippen LogP contribution >= 0.6 is 0 Å². The van der Waals surface area contributed by atoms with Crippen molar-refractivity contribution in [1.82, 2.24) is 15.1 Å². The van der Waals surface area contributed by atoms with Crippen LogP contribution in [0.4, 0.5) is 0 Å².